The van der Waals surface area contributed by atoms with Gasteiger partial charge in [-0.25, -0.2) is 4.79 Å². The largest absolute Gasteiger partial charge is 0.463 e. The monoisotopic (exact) mass is 420 g/mol. The zero-order valence-corrected chi connectivity index (χ0v) is 17.4. The number of carbonyl (C=O) groups is 3. The average Bonchev–Trinajstić information content (AvgIpc) is 2.71. The molecular weight excluding hydrogens is 396 g/mol. The van der Waals surface area contributed by atoms with Gasteiger partial charge in [-0.05, 0) is 31.5 Å². The Morgan fingerprint density at radius 2 is 2.00 bits per heavy atom. The molecule has 0 aliphatic carbocycles. The number of morpholine rings is 1. The fraction of sp³-hybridized carbons (Fsp3) is 0.476. The van der Waals surface area contributed by atoms with E-state index in [4.69, 9.17) is 21.1 Å². The number of hydrogen-bond donors (Lipinski definition) is 0. The normalized spacial score (nSPS) is 20.1. The van der Waals surface area contributed by atoms with Crippen LogP contribution in [0, 0.1) is 0 Å². The minimum atomic E-state index is -0.480. The molecule has 0 unspecified atom stereocenters. The van der Waals surface area contributed by atoms with E-state index in [1.54, 1.807) is 36.9 Å². The predicted molar refractivity (Wildman–Crippen MR) is 107 cm³/mol. The second-order valence-electron chi connectivity index (χ2n) is 7.00. The quantitative estimate of drug-likeness (QED) is 0.683. The third-order valence-corrected chi connectivity index (χ3v) is 5.46. The maximum absolute atomic E-state index is 12.9. The summed E-state index contributed by atoms with van der Waals surface area (Å²) in [5, 5.41) is 0.528. The lowest BCUT2D eigenvalue weighted by molar-refractivity contribution is -0.144. The van der Waals surface area contributed by atoms with E-state index in [1.807, 2.05) is 6.07 Å². The van der Waals surface area contributed by atoms with Crippen molar-refractivity contribution in [3.05, 3.63) is 46.1 Å². The molecule has 1 fully saturated rings. The van der Waals surface area contributed by atoms with Gasteiger partial charge in [0.1, 0.15) is 6.54 Å². The molecule has 1 aromatic carbocycles. The zero-order chi connectivity index (χ0) is 21.0. The highest BCUT2D eigenvalue weighted by Crippen LogP contribution is 2.37. The van der Waals surface area contributed by atoms with Crippen LogP contribution in [0.1, 0.15) is 31.7 Å². The molecule has 2 amide bonds. The summed E-state index contributed by atoms with van der Waals surface area (Å²) in [6, 6.07) is 7.11. The number of carbonyl (C=O) groups excluding carboxylic acids is 3. The van der Waals surface area contributed by atoms with Crippen LogP contribution in [-0.4, -0.2) is 67.0 Å². The van der Waals surface area contributed by atoms with Crippen molar-refractivity contribution in [2.75, 3.05) is 39.5 Å². The van der Waals surface area contributed by atoms with Crippen molar-refractivity contribution in [2.45, 2.75) is 26.2 Å². The topological polar surface area (TPSA) is 76.2 Å². The molecule has 3 rings (SSSR count). The second-order valence-corrected chi connectivity index (χ2v) is 7.44. The van der Waals surface area contributed by atoms with Gasteiger partial charge < -0.3 is 19.3 Å². The van der Waals surface area contributed by atoms with Gasteiger partial charge in [0.05, 0.1) is 25.4 Å². The lowest BCUT2D eigenvalue weighted by Gasteiger charge is -2.36. The van der Waals surface area contributed by atoms with E-state index in [2.05, 4.69) is 0 Å². The molecule has 8 heteroatoms. The van der Waals surface area contributed by atoms with E-state index < -0.39 is 11.9 Å². The predicted octanol–water partition coefficient (Wildman–Crippen LogP) is 2.35. The summed E-state index contributed by atoms with van der Waals surface area (Å²) in [6.07, 6.45) is 0.0716. The third-order valence-electron chi connectivity index (χ3n) is 5.23. The van der Waals surface area contributed by atoms with E-state index in [0.717, 1.165) is 5.56 Å². The molecule has 7 nitrogen and oxygen atoms in total. The molecule has 0 radical (unpaired) electrons. The van der Waals surface area contributed by atoms with Crippen LogP contribution in [-0.2, 0) is 23.9 Å². The van der Waals surface area contributed by atoms with E-state index in [-0.39, 0.29) is 31.4 Å². The molecule has 0 spiro atoms. The van der Waals surface area contributed by atoms with E-state index in [9.17, 15) is 14.4 Å². The molecule has 1 aromatic rings. The van der Waals surface area contributed by atoms with Crippen molar-refractivity contribution < 1.29 is 23.9 Å². The van der Waals surface area contributed by atoms with Crippen molar-refractivity contribution in [1.82, 2.24) is 9.80 Å². The number of amides is 2. The Bertz CT molecular complexity index is 832. The van der Waals surface area contributed by atoms with Gasteiger partial charge in [0.2, 0.25) is 11.8 Å². The van der Waals surface area contributed by atoms with Gasteiger partial charge in [0, 0.05) is 36.1 Å². The van der Waals surface area contributed by atoms with Crippen molar-refractivity contribution in [1.29, 1.82) is 0 Å². The molecule has 0 saturated carbocycles. The molecule has 1 saturated heterocycles. The number of hydrogen-bond acceptors (Lipinski definition) is 5. The van der Waals surface area contributed by atoms with Crippen LogP contribution in [0.25, 0.3) is 0 Å². The Hall–Kier alpha value is -2.38. The maximum Gasteiger partial charge on any atom is 0.336 e. The minimum absolute atomic E-state index is 0.0716. The van der Waals surface area contributed by atoms with Gasteiger partial charge >= 0.3 is 5.97 Å². The van der Waals surface area contributed by atoms with Gasteiger partial charge in [-0.3, -0.25) is 9.59 Å². The van der Waals surface area contributed by atoms with E-state index in [1.165, 1.54) is 4.90 Å². The molecular formula is C21H25ClN2O5. The molecule has 0 bridgehead atoms. The van der Waals surface area contributed by atoms with Crippen LogP contribution < -0.4 is 0 Å². The maximum atomic E-state index is 12.9. The lowest BCUT2D eigenvalue weighted by Crippen LogP contribution is -2.48. The number of ether oxygens (including phenoxy) is 2. The van der Waals surface area contributed by atoms with Gasteiger partial charge in [-0.15, -0.1) is 0 Å². The van der Waals surface area contributed by atoms with Crippen LogP contribution in [0.3, 0.4) is 0 Å². The molecule has 29 heavy (non-hydrogen) atoms. The summed E-state index contributed by atoms with van der Waals surface area (Å²) >= 11 is 6.12. The number of halogens is 1. The first kappa shape index (κ1) is 21.3. The average molecular weight is 421 g/mol. The molecule has 2 heterocycles. The smallest absolute Gasteiger partial charge is 0.336 e. The second kappa shape index (κ2) is 9.41. The highest BCUT2D eigenvalue weighted by Gasteiger charge is 2.38. The van der Waals surface area contributed by atoms with Crippen LogP contribution in [0.4, 0.5) is 0 Å². The first-order valence-corrected chi connectivity index (χ1v) is 10.1. The van der Waals surface area contributed by atoms with Crippen LogP contribution in [0.15, 0.2) is 35.5 Å². The van der Waals surface area contributed by atoms with Crippen molar-refractivity contribution >= 4 is 29.4 Å². The summed E-state index contributed by atoms with van der Waals surface area (Å²) in [4.78, 5) is 41.4. The molecule has 2 aliphatic heterocycles. The lowest BCUT2D eigenvalue weighted by atomic mass is 9.83. The fourth-order valence-corrected chi connectivity index (χ4v) is 3.93. The Labute approximate surface area is 175 Å². The number of rotatable bonds is 5. The van der Waals surface area contributed by atoms with Crippen LogP contribution in [0.2, 0.25) is 5.02 Å². The van der Waals surface area contributed by atoms with E-state index >= 15 is 0 Å². The fourth-order valence-electron chi connectivity index (χ4n) is 3.73. The zero-order valence-electron chi connectivity index (χ0n) is 16.7. The summed E-state index contributed by atoms with van der Waals surface area (Å²) in [7, 11) is 0. The first-order valence-electron chi connectivity index (χ1n) is 9.71. The molecule has 2 aliphatic rings. The van der Waals surface area contributed by atoms with Gasteiger partial charge in [0.25, 0.3) is 0 Å². The van der Waals surface area contributed by atoms with Gasteiger partial charge in [0.15, 0.2) is 0 Å². The van der Waals surface area contributed by atoms with Crippen LogP contribution >= 0.6 is 11.6 Å². The van der Waals surface area contributed by atoms with Crippen molar-refractivity contribution in [3.63, 3.8) is 0 Å². The summed E-state index contributed by atoms with van der Waals surface area (Å²) in [5.74, 6) is -1.31. The number of allylic oxidation sites excluding steroid dienone is 1. The SMILES string of the molecule is CCOC(=O)C1=C(C)N(CC(=O)N2CCOCC2)C(=O)C[C@H]1c1cccc(Cl)c1. The Morgan fingerprint density at radius 1 is 1.28 bits per heavy atom. The van der Waals surface area contributed by atoms with Crippen LogP contribution in [0.5, 0.6) is 0 Å². The number of esters is 1. The summed E-state index contributed by atoms with van der Waals surface area (Å²) in [6.45, 7) is 5.51. The minimum Gasteiger partial charge on any atom is -0.463 e. The highest BCUT2D eigenvalue weighted by molar-refractivity contribution is 6.30. The Balaban J connectivity index is 1.93. The number of benzene rings is 1. The number of nitrogens with zero attached hydrogens (tertiary/aromatic N) is 2. The summed E-state index contributed by atoms with van der Waals surface area (Å²) in [5.41, 5.74) is 1.61. The van der Waals surface area contributed by atoms with Crippen molar-refractivity contribution in [2.24, 2.45) is 0 Å². The molecule has 0 aromatic heterocycles. The molecule has 156 valence electrons. The highest BCUT2D eigenvalue weighted by atomic mass is 35.5. The molecule has 1 atom stereocenters. The Kier molecular flexibility index (Phi) is 6.92. The van der Waals surface area contributed by atoms with Gasteiger partial charge in [-0.1, -0.05) is 23.7 Å². The van der Waals surface area contributed by atoms with E-state index in [0.29, 0.717) is 42.6 Å². The third kappa shape index (κ3) is 4.79. The standard InChI is InChI=1S/C21H25ClN2O5/c1-3-29-21(27)20-14(2)24(13-19(26)23-7-9-28-10-8-23)18(25)12-17(20)15-5-4-6-16(22)11-15/h4-6,11,17H,3,7-10,12-13H2,1-2H3/t17-/m0/s1. The Morgan fingerprint density at radius 3 is 2.66 bits per heavy atom. The summed E-state index contributed by atoms with van der Waals surface area (Å²) < 4.78 is 10.5. The van der Waals surface area contributed by atoms with Crippen molar-refractivity contribution in [3.8, 4) is 0 Å². The van der Waals surface area contributed by atoms with Gasteiger partial charge in [-0.2, -0.15) is 0 Å². The first-order chi connectivity index (χ1) is 13.9. The molecule has 0 N–H and O–H groups in total.